The van der Waals surface area contributed by atoms with Gasteiger partial charge in [-0.15, -0.1) is 0 Å². The highest BCUT2D eigenvalue weighted by Gasteiger charge is 2.57. The number of phenols is 2. The lowest BCUT2D eigenvalue weighted by molar-refractivity contribution is -0.265. The second-order valence-electron chi connectivity index (χ2n) is 7.75. The molecule has 6 atom stereocenters. The number of aliphatic hydroxyl groups is 5. The first-order chi connectivity index (χ1) is 14.1. The van der Waals surface area contributed by atoms with Gasteiger partial charge in [-0.05, 0) is 24.6 Å². The van der Waals surface area contributed by atoms with Crippen molar-refractivity contribution in [1.29, 1.82) is 0 Å². The highest BCUT2D eigenvalue weighted by atomic mass is 16.6. The Morgan fingerprint density at radius 2 is 1.63 bits per heavy atom. The minimum absolute atomic E-state index is 0.0903. The van der Waals surface area contributed by atoms with E-state index < -0.39 is 60.0 Å². The van der Waals surface area contributed by atoms with Crippen molar-refractivity contribution < 1.29 is 45.3 Å². The van der Waals surface area contributed by atoms with E-state index >= 15 is 0 Å². The van der Waals surface area contributed by atoms with Crippen LogP contribution in [0.5, 0.6) is 11.5 Å². The molecule has 1 aliphatic heterocycles. The van der Waals surface area contributed by atoms with Gasteiger partial charge in [0.15, 0.2) is 0 Å². The zero-order chi connectivity index (χ0) is 22.0. The molecule has 0 unspecified atom stereocenters. The average molecular weight is 418 g/mol. The number of carbonyl (C=O) groups excluding carboxylic acids is 1. The minimum atomic E-state index is -2.31. The smallest absolute Gasteiger partial charge is 0.201 e. The van der Waals surface area contributed by atoms with E-state index in [-0.39, 0.29) is 22.3 Å². The number of ketones is 1. The Balaban J connectivity index is 2.03. The fourth-order valence-corrected chi connectivity index (χ4v) is 4.43. The van der Waals surface area contributed by atoms with Crippen molar-refractivity contribution in [1.82, 2.24) is 0 Å². The third kappa shape index (κ3) is 2.68. The summed E-state index contributed by atoms with van der Waals surface area (Å²) < 4.78 is 5.61. The van der Waals surface area contributed by atoms with Gasteiger partial charge in [0.05, 0.1) is 17.7 Å². The lowest BCUT2D eigenvalue weighted by Gasteiger charge is -2.49. The van der Waals surface area contributed by atoms with Gasteiger partial charge >= 0.3 is 0 Å². The number of rotatable bonds is 2. The number of aryl methyl sites for hydroxylation is 1. The number of ether oxygens (including phenoxy) is 1. The van der Waals surface area contributed by atoms with Crippen molar-refractivity contribution in [3.8, 4) is 11.5 Å². The number of carbonyl (C=O) groups is 1. The Bertz CT molecular complexity index is 1020. The Morgan fingerprint density at radius 1 is 0.967 bits per heavy atom. The highest BCUT2D eigenvalue weighted by molar-refractivity contribution is 6.16. The van der Waals surface area contributed by atoms with Gasteiger partial charge in [-0.2, -0.15) is 0 Å². The number of aromatic hydroxyl groups is 2. The predicted octanol–water partition coefficient (Wildman–Crippen LogP) is -0.971. The van der Waals surface area contributed by atoms with E-state index in [0.717, 1.165) is 0 Å². The standard InChI is InChI=1S/C21H22O9/c1-8-5-10-15(12(24)6-8)17(26)14-9(3-2-4-11(14)23)21(10,29)20-19(28)18(27)16(25)13(7-22)30-20/h2-6,13,16,18-20,22-25,27-29H,7H2,1H3/t13-,16-,18+,19-,20-,21-/m1/s1. The van der Waals surface area contributed by atoms with Crippen LogP contribution in [0.1, 0.15) is 32.6 Å². The molecule has 9 nitrogen and oxygen atoms in total. The van der Waals surface area contributed by atoms with Crippen LogP contribution in [0.2, 0.25) is 0 Å². The number of hydrogen-bond acceptors (Lipinski definition) is 9. The van der Waals surface area contributed by atoms with Gasteiger partial charge < -0.3 is 40.5 Å². The molecule has 1 fully saturated rings. The van der Waals surface area contributed by atoms with E-state index in [1.54, 1.807) is 6.92 Å². The monoisotopic (exact) mass is 418 g/mol. The topological polar surface area (TPSA) is 168 Å². The summed E-state index contributed by atoms with van der Waals surface area (Å²) in [5.41, 5.74) is -2.58. The van der Waals surface area contributed by atoms with E-state index in [1.165, 1.54) is 30.3 Å². The number of fused-ring (bicyclic) bond motifs is 2. The molecule has 160 valence electrons. The van der Waals surface area contributed by atoms with Crippen molar-refractivity contribution in [3.63, 3.8) is 0 Å². The molecule has 2 aromatic carbocycles. The van der Waals surface area contributed by atoms with Crippen LogP contribution < -0.4 is 0 Å². The molecule has 4 rings (SSSR count). The Labute approximate surface area is 171 Å². The summed E-state index contributed by atoms with van der Waals surface area (Å²) in [5, 5.41) is 73.3. The molecule has 2 aromatic rings. The van der Waals surface area contributed by atoms with Crippen LogP contribution in [0.15, 0.2) is 30.3 Å². The quantitative estimate of drug-likeness (QED) is 0.324. The molecule has 0 radical (unpaired) electrons. The predicted molar refractivity (Wildman–Crippen MR) is 101 cm³/mol. The van der Waals surface area contributed by atoms with E-state index in [2.05, 4.69) is 0 Å². The zero-order valence-electron chi connectivity index (χ0n) is 15.9. The Morgan fingerprint density at radius 3 is 2.30 bits per heavy atom. The van der Waals surface area contributed by atoms with Gasteiger partial charge in [-0.25, -0.2) is 0 Å². The molecule has 2 aliphatic rings. The van der Waals surface area contributed by atoms with Crippen molar-refractivity contribution in [3.05, 3.63) is 58.1 Å². The first kappa shape index (κ1) is 20.7. The van der Waals surface area contributed by atoms with Crippen LogP contribution in [0.25, 0.3) is 0 Å². The zero-order valence-corrected chi connectivity index (χ0v) is 15.9. The maximum absolute atomic E-state index is 13.1. The summed E-state index contributed by atoms with van der Waals surface area (Å²) in [5.74, 6) is -1.62. The van der Waals surface area contributed by atoms with Gasteiger partial charge in [0.1, 0.15) is 47.6 Å². The van der Waals surface area contributed by atoms with Crippen LogP contribution in [-0.4, -0.2) is 78.7 Å². The summed E-state index contributed by atoms with van der Waals surface area (Å²) in [4.78, 5) is 13.1. The summed E-state index contributed by atoms with van der Waals surface area (Å²) in [6, 6.07) is 6.73. The normalized spacial score (nSPS) is 33.1. The molecule has 9 heteroatoms. The molecule has 0 aromatic heterocycles. The average Bonchev–Trinajstić information content (AvgIpc) is 2.70. The maximum Gasteiger partial charge on any atom is 0.201 e. The minimum Gasteiger partial charge on any atom is -0.507 e. The van der Waals surface area contributed by atoms with Crippen molar-refractivity contribution >= 4 is 5.78 Å². The number of aliphatic hydroxyl groups excluding tert-OH is 4. The highest BCUT2D eigenvalue weighted by Crippen LogP contribution is 2.50. The van der Waals surface area contributed by atoms with Crippen LogP contribution >= 0.6 is 0 Å². The van der Waals surface area contributed by atoms with Gasteiger partial charge in [-0.3, -0.25) is 4.79 Å². The summed E-state index contributed by atoms with van der Waals surface area (Å²) >= 11 is 0. The summed E-state index contributed by atoms with van der Waals surface area (Å²) in [7, 11) is 0. The first-order valence-corrected chi connectivity index (χ1v) is 9.37. The van der Waals surface area contributed by atoms with Crippen LogP contribution in [0, 0.1) is 6.92 Å². The maximum atomic E-state index is 13.1. The lowest BCUT2D eigenvalue weighted by atomic mass is 9.68. The van der Waals surface area contributed by atoms with Gasteiger partial charge in [0.25, 0.3) is 0 Å². The van der Waals surface area contributed by atoms with Crippen molar-refractivity contribution in [2.24, 2.45) is 0 Å². The van der Waals surface area contributed by atoms with E-state index in [9.17, 15) is 40.5 Å². The van der Waals surface area contributed by atoms with E-state index in [0.29, 0.717) is 5.56 Å². The molecule has 1 aliphatic carbocycles. The van der Waals surface area contributed by atoms with Crippen molar-refractivity contribution in [2.75, 3.05) is 6.61 Å². The molecular formula is C21H22O9. The third-order valence-electron chi connectivity index (χ3n) is 5.88. The van der Waals surface area contributed by atoms with Crippen LogP contribution in [-0.2, 0) is 10.3 Å². The molecule has 1 saturated heterocycles. The second kappa shape index (κ2) is 7.02. The van der Waals surface area contributed by atoms with E-state index in [4.69, 9.17) is 4.74 Å². The van der Waals surface area contributed by atoms with Crippen LogP contribution in [0.4, 0.5) is 0 Å². The fraction of sp³-hybridized carbons (Fsp3) is 0.381. The molecule has 30 heavy (non-hydrogen) atoms. The van der Waals surface area contributed by atoms with Gasteiger partial charge in [0.2, 0.25) is 5.78 Å². The van der Waals surface area contributed by atoms with Crippen molar-refractivity contribution in [2.45, 2.75) is 43.0 Å². The number of phenolic OH excluding ortho intramolecular Hbond substituents is 2. The second-order valence-corrected chi connectivity index (χ2v) is 7.75. The SMILES string of the molecule is Cc1cc(O)c2c(c1)[C@@](O)([C@@H]1O[C@H](CO)[C@@H](O)[C@H](O)[C@H]1O)c1cccc(O)c1C2=O. The number of benzene rings is 2. The Hall–Kier alpha value is -2.53. The summed E-state index contributed by atoms with van der Waals surface area (Å²) in [6.07, 6.45) is -8.21. The molecule has 0 saturated carbocycles. The van der Waals surface area contributed by atoms with Crippen LogP contribution in [0.3, 0.4) is 0 Å². The lowest BCUT2D eigenvalue weighted by Crippen LogP contribution is -2.65. The Kier molecular flexibility index (Phi) is 4.85. The van der Waals surface area contributed by atoms with Gasteiger partial charge in [-0.1, -0.05) is 18.2 Å². The molecule has 0 bridgehead atoms. The molecular weight excluding hydrogens is 396 g/mol. The molecule has 0 spiro atoms. The first-order valence-electron chi connectivity index (χ1n) is 9.37. The fourth-order valence-electron chi connectivity index (χ4n) is 4.43. The third-order valence-corrected chi connectivity index (χ3v) is 5.88. The molecule has 7 N–H and O–H groups in total. The number of hydrogen-bond donors (Lipinski definition) is 7. The molecule has 0 amide bonds. The summed E-state index contributed by atoms with van der Waals surface area (Å²) in [6.45, 7) is 0.908. The van der Waals surface area contributed by atoms with Gasteiger partial charge in [0, 0.05) is 11.1 Å². The largest absolute Gasteiger partial charge is 0.507 e. The van der Waals surface area contributed by atoms with E-state index in [1.807, 2.05) is 0 Å². The molecule has 1 heterocycles.